The maximum atomic E-state index is 2.53. The van der Waals surface area contributed by atoms with Gasteiger partial charge in [0.2, 0.25) is 0 Å². The first-order valence-electron chi connectivity index (χ1n) is 30.8. The first-order chi connectivity index (χ1) is 42.5. The highest BCUT2D eigenvalue weighted by atomic mass is 15.2. The quantitative estimate of drug-likeness (QED) is 0.150. The number of hydrogen-bond donors (Lipinski definition) is 0. The second kappa shape index (κ2) is 18.9. The van der Waals surface area contributed by atoms with Crippen molar-refractivity contribution in [1.82, 2.24) is 0 Å². The molecule has 17 rings (SSSR count). The topological polar surface area (TPSA) is 6.48 Å². The average Bonchev–Trinajstić information content (AvgIpc) is 1.52. The molecule has 4 aliphatic rings. The van der Waals surface area contributed by atoms with Gasteiger partial charge in [-0.15, -0.1) is 0 Å². The predicted molar refractivity (Wildman–Crippen MR) is 365 cm³/mol. The van der Waals surface area contributed by atoms with Gasteiger partial charge in [0.05, 0.1) is 16.8 Å². The lowest BCUT2D eigenvalue weighted by Crippen LogP contribution is -2.26. The molecular formula is C85H64N2. The third kappa shape index (κ3) is 7.34. The van der Waals surface area contributed by atoms with E-state index in [0.29, 0.717) is 0 Å². The zero-order valence-electron chi connectivity index (χ0n) is 50.0. The van der Waals surface area contributed by atoms with Gasteiger partial charge in [0.1, 0.15) is 0 Å². The van der Waals surface area contributed by atoms with E-state index in [1.165, 1.54) is 128 Å². The molecule has 414 valence electrons. The van der Waals surface area contributed by atoms with Crippen molar-refractivity contribution in [2.24, 2.45) is 0 Å². The Balaban J connectivity index is 0.836. The van der Waals surface area contributed by atoms with Crippen molar-refractivity contribution in [1.29, 1.82) is 0 Å². The van der Waals surface area contributed by atoms with Gasteiger partial charge in [-0.1, -0.05) is 257 Å². The first-order valence-corrected chi connectivity index (χ1v) is 30.8. The smallest absolute Gasteiger partial charge is 0.0726 e. The van der Waals surface area contributed by atoms with Gasteiger partial charge in [-0.25, -0.2) is 0 Å². The first kappa shape index (κ1) is 51.2. The molecule has 0 unspecified atom stereocenters. The van der Waals surface area contributed by atoms with Crippen LogP contribution >= 0.6 is 0 Å². The summed E-state index contributed by atoms with van der Waals surface area (Å²) in [5, 5.41) is 2.40. The molecule has 1 spiro atoms. The Morgan fingerprint density at radius 1 is 0.253 bits per heavy atom. The minimum atomic E-state index is -0.469. The van der Waals surface area contributed by atoms with Crippen molar-refractivity contribution < 1.29 is 0 Å². The van der Waals surface area contributed by atoms with E-state index in [2.05, 4.69) is 330 Å². The molecule has 0 radical (unpaired) electrons. The summed E-state index contributed by atoms with van der Waals surface area (Å²) in [5.41, 5.74) is 34.5. The van der Waals surface area contributed by atoms with Crippen LogP contribution in [0.1, 0.15) is 83.3 Å². The Kier molecular flexibility index (Phi) is 11.1. The molecule has 13 aromatic carbocycles. The zero-order valence-corrected chi connectivity index (χ0v) is 50.0. The molecule has 0 aliphatic heterocycles. The van der Waals surface area contributed by atoms with Crippen molar-refractivity contribution in [3.63, 3.8) is 0 Å². The van der Waals surface area contributed by atoms with Crippen molar-refractivity contribution >= 4 is 44.9 Å². The van der Waals surface area contributed by atoms with E-state index in [9.17, 15) is 0 Å². The van der Waals surface area contributed by atoms with Crippen LogP contribution in [0, 0.1) is 13.8 Å². The molecule has 0 aromatic heterocycles. The molecule has 2 nitrogen and oxygen atoms in total. The molecule has 87 heavy (non-hydrogen) atoms. The molecule has 0 atom stereocenters. The maximum Gasteiger partial charge on any atom is 0.0726 e. The van der Waals surface area contributed by atoms with Crippen molar-refractivity contribution in [3.8, 4) is 66.8 Å². The lowest BCUT2D eigenvalue weighted by molar-refractivity contribution is 0.659. The average molecular weight is 1110 g/mol. The lowest BCUT2D eigenvalue weighted by atomic mass is 9.70. The van der Waals surface area contributed by atoms with Crippen LogP contribution in [0.4, 0.5) is 34.1 Å². The second-order valence-electron chi connectivity index (χ2n) is 25.7. The summed E-state index contributed by atoms with van der Waals surface area (Å²) in [4.78, 5) is 5.04. The molecule has 2 heteroatoms. The van der Waals surface area contributed by atoms with Gasteiger partial charge in [-0.2, -0.15) is 0 Å². The van der Waals surface area contributed by atoms with E-state index >= 15 is 0 Å². The number of anilines is 6. The molecule has 0 fully saturated rings. The van der Waals surface area contributed by atoms with Gasteiger partial charge < -0.3 is 9.80 Å². The summed E-state index contributed by atoms with van der Waals surface area (Å²) in [6.45, 7) is 14.0. The molecule has 13 aromatic rings. The fourth-order valence-corrected chi connectivity index (χ4v) is 16.1. The molecule has 0 bridgehead atoms. The minimum Gasteiger partial charge on any atom is -0.310 e. The van der Waals surface area contributed by atoms with E-state index in [-0.39, 0.29) is 10.8 Å². The van der Waals surface area contributed by atoms with Crippen molar-refractivity contribution in [3.05, 3.63) is 335 Å². The van der Waals surface area contributed by atoms with Gasteiger partial charge in [0.25, 0.3) is 0 Å². The van der Waals surface area contributed by atoms with Crippen molar-refractivity contribution in [2.75, 3.05) is 9.80 Å². The Labute approximate surface area is 511 Å². The molecule has 0 saturated carbocycles. The standard InChI is InChI=1S/C85H64N2/c1-53-34-43-66-68-46-41-60(51-78(68)83(3,4)76(66)48-53)86(61-42-47-69-67-44-35-54(2)49-77(67)84(5,6)79(69)52-61)59-40-45-62(71(50-59)56-20-8-7-9-21-56)57-36-38-58(39-37-57)87(80-32-18-23-55-22-10-11-24-63(55)80)81-33-19-31-75-82(81)70-27-14-17-30-74(70)85(75)72-28-15-12-25-64(72)65-26-13-16-29-73(65)85/h7-52H,1-6H3. The van der Waals surface area contributed by atoms with Crippen LogP contribution < -0.4 is 9.80 Å². The van der Waals surface area contributed by atoms with Crippen LogP contribution in [0.5, 0.6) is 0 Å². The van der Waals surface area contributed by atoms with Gasteiger partial charge in [0, 0.05) is 44.5 Å². The number of rotatable bonds is 8. The normalized spacial score (nSPS) is 14.4. The van der Waals surface area contributed by atoms with Crippen LogP contribution in [-0.4, -0.2) is 0 Å². The summed E-state index contributed by atoms with van der Waals surface area (Å²) >= 11 is 0. The number of aryl methyl sites for hydroxylation is 2. The SMILES string of the molecule is Cc1ccc2c(c1)C(C)(C)c1cc(N(c3ccc(-c4ccc(N(c5cccc6c5-c5ccccc5C65c6ccccc6-c6ccccc65)c5cccc6ccccc56)cc4)c(-c4ccccc4)c3)c3ccc4c(c3)C(C)(C)c3cc(C)ccc3-4)ccc1-2. The number of hydrogen-bond acceptors (Lipinski definition) is 2. The zero-order chi connectivity index (χ0) is 58.5. The molecule has 4 aliphatic carbocycles. The van der Waals surface area contributed by atoms with Crippen LogP contribution in [0.25, 0.3) is 77.5 Å². The molecule has 0 N–H and O–H groups in total. The van der Waals surface area contributed by atoms with Gasteiger partial charge in [0.15, 0.2) is 0 Å². The molecule has 0 amide bonds. The second-order valence-corrected chi connectivity index (χ2v) is 25.7. The van der Waals surface area contributed by atoms with Crippen molar-refractivity contribution in [2.45, 2.75) is 57.8 Å². The van der Waals surface area contributed by atoms with Crippen LogP contribution in [0.15, 0.2) is 279 Å². The Bertz CT molecular complexity index is 4850. The Hall–Kier alpha value is -10.3. The molecule has 0 saturated heterocycles. The Morgan fingerprint density at radius 3 is 1.28 bits per heavy atom. The summed E-state index contributed by atoms with van der Waals surface area (Å²) < 4.78 is 0. The van der Waals surface area contributed by atoms with Crippen LogP contribution in [0.2, 0.25) is 0 Å². The minimum absolute atomic E-state index is 0.173. The summed E-state index contributed by atoms with van der Waals surface area (Å²) in [6, 6.07) is 106. The van der Waals surface area contributed by atoms with E-state index in [0.717, 1.165) is 39.7 Å². The van der Waals surface area contributed by atoms with Crippen LogP contribution in [0.3, 0.4) is 0 Å². The van der Waals surface area contributed by atoms with E-state index in [1.807, 2.05) is 0 Å². The van der Waals surface area contributed by atoms with Gasteiger partial charge >= 0.3 is 0 Å². The summed E-state index contributed by atoms with van der Waals surface area (Å²) in [6.07, 6.45) is 0. The molecule has 0 heterocycles. The predicted octanol–water partition coefficient (Wildman–Crippen LogP) is 22.7. The number of benzene rings is 13. The third-order valence-electron chi connectivity index (χ3n) is 20.2. The van der Waals surface area contributed by atoms with E-state index < -0.39 is 5.41 Å². The third-order valence-corrected chi connectivity index (χ3v) is 20.2. The van der Waals surface area contributed by atoms with E-state index in [1.54, 1.807) is 0 Å². The lowest BCUT2D eigenvalue weighted by Gasteiger charge is -2.32. The Morgan fingerprint density at radius 2 is 0.667 bits per heavy atom. The monoisotopic (exact) mass is 1110 g/mol. The summed E-state index contributed by atoms with van der Waals surface area (Å²) in [7, 11) is 0. The highest BCUT2D eigenvalue weighted by Gasteiger charge is 2.52. The number of nitrogens with zero attached hydrogens (tertiary/aromatic N) is 2. The summed E-state index contributed by atoms with van der Waals surface area (Å²) in [5.74, 6) is 0. The highest BCUT2D eigenvalue weighted by Crippen LogP contribution is 2.65. The number of fused-ring (bicyclic) bond motifs is 17. The fraction of sp³-hybridized carbons (Fsp3) is 0.106. The maximum absolute atomic E-state index is 2.53. The van der Waals surface area contributed by atoms with E-state index in [4.69, 9.17) is 0 Å². The molecular weight excluding hydrogens is 1050 g/mol. The van der Waals surface area contributed by atoms with Crippen LogP contribution in [-0.2, 0) is 16.2 Å². The van der Waals surface area contributed by atoms with Gasteiger partial charge in [-0.05, 0) is 186 Å². The fourth-order valence-electron chi connectivity index (χ4n) is 16.1. The van der Waals surface area contributed by atoms with Gasteiger partial charge in [-0.3, -0.25) is 0 Å². The highest BCUT2D eigenvalue weighted by molar-refractivity contribution is 6.05. The largest absolute Gasteiger partial charge is 0.310 e.